The molecule has 3 rings (SSSR count). The Labute approximate surface area is 217 Å². The van der Waals surface area contributed by atoms with Crippen molar-refractivity contribution in [3.63, 3.8) is 0 Å². The lowest BCUT2D eigenvalue weighted by atomic mass is 10.0. The summed E-state index contributed by atoms with van der Waals surface area (Å²) in [6, 6.07) is 3.33. The van der Waals surface area contributed by atoms with Gasteiger partial charge in [0.25, 0.3) is 11.8 Å². The van der Waals surface area contributed by atoms with Crippen LogP contribution in [0.15, 0.2) is 23.3 Å². The molecule has 0 spiro atoms. The molecule has 2 aliphatic rings. The largest absolute Gasteiger partial charge is 0.379 e. The fraction of sp³-hybridized carbons (Fsp3) is 0.522. The molecule has 0 aromatic heterocycles. The van der Waals surface area contributed by atoms with Gasteiger partial charge in [-0.25, -0.2) is 0 Å². The number of carbonyl (C=O) groups excluding carboxylic acids is 5. The standard InChI is InChI=1S/C23H28N6O9/c24-28-25-6-7-35-8-9-36-10-11-37-12-13-38-14-19(31)26-16-3-1-2-15-20(16)23(34)29(22(15)33)17-4-5-18(30)27-21(17)32/h1-3,17H,4-14H2,(H,26,31)(H,27,30,32). The van der Waals surface area contributed by atoms with Crippen LogP contribution < -0.4 is 10.6 Å². The number of nitrogens with zero attached hydrogens (tertiary/aromatic N) is 4. The van der Waals surface area contributed by atoms with Crippen LogP contribution in [-0.4, -0.2) is 99.9 Å². The van der Waals surface area contributed by atoms with Crippen LogP contribution in [0.1, 0.15) is 33.6 Å². The molecule has 38 heavy (non-hydrogen) atoms. The highest BCUT2D eigenvalue weighted by atomic mass is 16.6. The number of hydrogen-bond acceptors (Lipinski definition) is 10. The minimum atomic E-state index is -1.10. The second kappa shape index (κ2) is 14.8. The van der Waals surface area contributed by atoms with Gasteiger partial charge in [0, 0.05) is 17.9 Å². The zero-order chi connectivity index (χ0) is 27.3. The van der Waals surface area contributed by atoms with Crippen LogP contribution in [0.3, 0.4) is 0 Å². The highest BCUT2D eigenvalue weighted by molar-refractivity contribution is 6.26. The van der Waals surface area contributed by atoms with Crippen molar-refractivity contribution in [1.29, 1.82) is 0 Å². The number of piperidine rings is 1. The molecule has 0 radical (unpaired) electrons. The third kappa shape index (κ3) is 7.81. The summed E-state index contributed by atoms with van der Waals surface area (Å²) < 4.78 is 21.1. The van der Waals surface area contributed by atoms with E-state index in [1.807, 2.05) is 0 Å². The third-order valence-electron chi connectivity index (χ3n) is 5.49. The maximum atomic E-state index is 13.0. The van der Waals surface area contributed by atoms with Crippen molar-refractivity contribution in [2.75, 3.05) is 64.7 Å². The van der Waals surface area contributed by atoms with Crippen molar-refractivity contribution in [3.05, 3.63) is 39.8 Å². The summed E-state index contributed by atoms with van der Waals surface area (Å²) in [6.07, 6.45) is 0.0477. The van der Waals surface area contributed by atoms with Crippen LogP contribution in [0.2, 0.25) is 0 Å². The molecule has 0 aliphatic carbocycles. The summed E-state index contributed by atoms with van der Waals surface area (Å²) in [6.45, 7) is 2.08. The van der Waals surface area contributed by atoms with E-state index in [1.54, 1.807) is 0 Å². The molecule has 5 amide bonds. The molecule has 2 heterocycles. The van der Waals surface area contributed by atoms with Gasteiger partial charge in [0.15, 0.2) is 0 Å². The first-order valence-electron chi connectivity index (χ1n) is 11.9. The molecule has 204 valence electrons. The van der Waals surface area contributed by atoms with E-state index in [0.717, 1.165) is 4.90 Å². The molecule has 0 bridgehead atoms. The molecule has 1 saturated heterocycles. The lowest BCUT2D eigenvalue weighted by molar-refractivity contribution is -0.136. The Morgan fingerprint density at radius 2 is 1.66 bits per heavy atom. The Hall–Kier alpha value is -3.88. The second-order valence-electron chi connectivity index (χ2n) is 8.07. The van der Waals surface area contributed by atoms with Crippen LogP contribution in [-0.2, 0) is 33.3 Å². The number of carbonyl (C=O) groups is 5. The van der Waals surface area contributed by atoms with E-state index < -0.39 is 35.6 Å². The highest BCUT2D eigenvalue weighted by Crippen LogP contribution is 2.32. The summed E-state index contributed by atoms with van der Waals surface area (Å²) in [4.78, 5) is 65.3. The first-order valence-corrected chi connectivity index (χ1v) is 11.9. The van der Waals surface area contributed by atoms with E-state index in [9.17, 15) is 24.0 Å². The first-order chi connectivity index (χ1) is 18.4. The van der Waals surface area contributed by atoms with Gasteiger partial charge in [0.1, 0.15) is 12.6 Å². The zero-order valence-electron chi connectivity index (χ0n) is 20.6. The summed E-state index contributed by atoms with van der Waals surface area (Å²) in [7, 11) is 0. The van der Waals surface area contributed by atoms with Gasteiger partial charge in [-0.15, -0.1) is 0 Å². The number of ether oxygens (including phenoxy) is 4. The van der Waals surface area contributed by atoms with Crippen molar-refractivity contribution in [2.45, 2.75) is 18.9 Å². The zero-order valence-corrected chi connectivity index (χ0v) is 20.6. The molecule has 1 aromatic rings. The summed E-state index contributed by atoms with van der Waals surface area (Å²) in [5.74, 6) is -3.09. The Bertz CT molecular complexity index is 1100. The number of rotatable bonds is 16. The maximum absolute atomic E-state index is 13.0. The van der Waals surface area contributed by atoms with E-state index in [2.05, 4.69) is 20.7 Å². The molecule has 1 atom stereocenters. The van der Waals surface area contributed by atoms with E-state index in [0.29, 0.717) is 33.0 Å². The third-order valence-corrected chi connectivity index (χ3v) is 5.49. The smallest absolute Gasteiger partial charge is 0.264 e. The number of azide groups is 1. The monoisotopic (exact) mass is 532 g/mol. The second-order valence-corrected chi connectivity index (χ2v) is 8.07. The Kier molecular flexibility index (Phi) is 11.1. The number of amides is 5. The molecule has 1 fully saturated rings. The van der Waals surface area contributed by atoms with E-state index >= 15 is 0 Å². The molecule has 15 nitrogen and oxygen atoms in total. The van der Waals surface area contributed by atoms with Gasteiger partial charge in [-0.2, -0.15) is 0 Å². The first kappa shape index (κ1) is 28.7. The van der Waals surface area contributed by atoms with Gasteiger partial charge < -0.3 is 24.3 Å². The predicted molar refractivity (Wildman–Crippen MR) is 129 cm³/mol. The highest BCUT2D eigenvalue weighted by Gasteiger charge is 2.45. The SMILES string of the molecule is [N-]=[N+]=NCCOCCOCCOCCOCC(=O)Nc1cccc2c1C(=O)N(C1CCC(=O)NC1=O)C2=O. The summed E-state index contributed by atoms with van der Waals surface area (Å²) in [5, 5.41) is 8.04. The van der Waals surface area contributed by atoms with Crippen LogP contribution in [0.5, 0.6) is 0 Å². The van der Waals surface area contributed by atoms with Crippen molar-refractivity contribution < 1.29 is 42.9 Å². The van der Waals surface area contributed by atoms with Gasteiger partial charge in [-0.1, -0.05) is 11.2 Å². The molecular formula is C23H28N6O9. The van der Waals surface area contributed by atoms with Crippen molar-refractivity contribution in [1.82, 2.24) is 10.2 Å². The van der Waals surface area contributed by atoms with Crippen LogP contribution in [0.25, 0.3) is 10.4 Å². The molecule has 2 N–H and O–H groups in total. The molecule has 15 heteroatoms. The predicted octanol–water partition coefficient (Wildman–Crippen LogP) is 0.403. The van der Waals surface area contributed by atoms with Crippen molar-refractivity contribution in [3.8, 4) is 0 Å². The number of nitrogens with one attached hydrogen (secondary N) is 2. The lowest BCUT2D eigenvalue weighted by Gasteiger charge is -2.27. The molecular weight excluding hydrogens is 504 g/mol. The average molecular weight is 533 g/mol. The van der Waals surface area contributed by atoms with Crippen LogP contribution in [0.4, 0.5) is 5.69 Å². The summed E-state index contributed by atoms with van der Waals surface area (Å²) in [5.41, 5.74) is 8.31. The number of benzene rings is 1. The Morgan fingerprint density at radius 1 is 1.00 bits per heavy atom. The lowest BCUT2D eigenvalue weighted by Crippen LogP contribution is -2.54. The Morgan fingerprint density at radius 3 is 2.32 bits per heavy atom. The molecule has 1 aromatic carbocycles. The average Bonchev–Trinajstić information content (AvgIpc) is 3.15. The quantitative estimate of drug-likeness (QED) is 0.0994. The van der Waals surface area contributed by atoms with Gasteiger partial charge in [0.2, 0.25) is 17.7 Å². The molecule has 1 unspecified atom stereocenters. The molecule has 2 aliphatic heterocycles. The Balaban J connectivity index is 1.35. The summed E-state index contributed by atoms with van der Waals surface area (Å²) >= 11 is 0. The minimum Gasteiger partial charge on any atom is -0.379 e. The normalized spacial score (nSPS) is 16.7. The van der Waals surface area contributed by atoms with Crippen LogP contribution in [0, 0.1) is 0 Å². The van der Waals surface area contributed by atoms with Gasteiger partial charge in [-0.05, 0) is 24.1 Å². The van der Waals surface area contributed by atoms with E-state index in [4.69, 9.17) is 24.5 Å². The van der Waals surface area contributed by atoms with Gasteiger partial charge in [0.05, 0.1) is 63.1 Å². The number of hydrogen-bond donors (Lipinski definition) is 2. The van der Waals surface area contributed by atoms with E-state index in [-0.39, 0.29) is 56.0 Å². The number of imide groups is 2. The van der Waals surface area contributed by atoms with Crippen LogP contribution >= 0.6 is 0 Å². The van der Waals surface area contributed by atoms with Crippen molar-refractivity contribution in [2.24, 2.45) is 5.11 Å². The maximum Gasteiger partial charge on any atom is 0.264 e. The topological polar surface area (TPSA) is 198 Å². The number of anilines is 1. The van der Waals surface area contributed by atoms with Gasteiger partial charge >= 0.3 is 0 Å². The minimum absolute atomic E-state index is 0.0116. The fourth-order valence-corrected chi connectivity index (χ4v) is 3.78. The molecule has 0 saturated carbocycles. The van der Waals surface area contributed by atoms with Crippen molar-refractivity contribution >= 4 is 35.2 Å². The fourth-order valence-electron chi connectivity index (χ4n) is 3.78. The number of fused-ring (bicyclic) bond motifs is 1. The van der Waals surface area contributed by atoms with Gasteiger partial charge in [-0.3, -0.25) is 34.2 Å². The van der Waals surface area contributed by atoms with E-state index in [1.165, 1.54) is 18.2 Å².